The Hall–Kier alpha value is -0.0800. The lowest BCUT2D eigenvalue weighted by molar-refractivity contribution is -0.312. The van der Waals surface area contributed by atoms with Gasteiger partial charge < -0.3 is 0 Å². The topological polar surface area (TPSA) is 29.1 Å². The van der Waals surface area contributed by atoms with Gasteiger partial charge in [-0.05, 0) is 18.1 Å². The quantitative estimate of drug-likeness (QED) is 0.328. The van der Waals surface area contributed by atoms with E-state index in [4.69, 9.17) is 0 Å². The van der Waals surface area contributed by atoms with Crippen LogP contribution in [0.15, 0.2) is 0 Å². The predicted molar refractivity (Wildman–Crippen MR) is 14.8 cm³/mol. The van der Waals surface area contributed by atoms with E-state index in [9.17, 15) is 5.26 Å². The Kier molecular flexibility index (Phi) is 0.596. The Morgan fingerprint density at radius 3 is 2.20 bits per heavy atom. The molecule has 0 aromatic heterocycles. The van der Waals surface area contributed by atoms with Gasteiger partial charge in [0.1, 0.15) is 0 Å². The van der Waals surface area contributed by atoms with Gasteiger partial charge in [-0.25, -0.2) is 4.89 Å². The minimum atomic E-state index is 0.0787. The normalized spacial score (nSPS) is 23.4. The second-order valence-corrected chi connectivity index (χ2v) is 1.30. The van der Waals surface area contributed by atoms with Crippen molar-refractivity contribution >= 4 is 0 Å². The van der Waals surface area contributed by atoms with Crippen molar-refractivity contribution < 1.29 is 10.1 Å². The van der Waals surface area contributed by atoms with Crippen molar-refractivity contribution in [1.29, 1.82) is 0 Å². The van der Waals surface area contributed by atoms with Gasteiger partial charge in [0.15, 0.2) is 0 Å². The van der Waals surface area contributed by atoms with Crippen LogP contribution < -0.4 is 0 Å². The number of hydrogen-bond donors (Lipinski definition) is 0. The lowest BCUT2D eigenvalue weighted by atomic mass is 10.9. The van der Waals surface area contributed by atoms with Gasteiger partial charge >= 0.3 is 0 Å². The summed E-state index contributed by atoms with van der Waals surface area (Å²) in [5.74, 6) is 0. The van der Waals surface area contributed by atoms with Crippen LogP contribution in [-0.4, -0.2) is 6.10 Å². The van der Waals surface area contributed by atoms with Gasteiger partial charge in [-0.15, -0.1) is 0 Å². The summed E-state index contributed by atoms with van der Waals surface area (Å²) in [5, 5.41) is 9.19. The van der Waals surface area contributed by atoms with Crippen LogP contribution in [0.2, 0.25) is 0 Å². The van der Waals surface area contributed by atoms with Crippen molar-refractivity contribution in [2.24, 2.45) is 0 Å². The third-order valence-corrected chi connectivity index (χ3v) is 0.660. The highest BCUT2D eigenvalue weighted by Crippen LogP contribution is 2.21. The average Bonchev–Trinajstić information content (AvgIpc) is 2.12. The van der Waals surface area contributed by atoms with Gasteiger partial charge in [0.25, 0.3) is 0 Å². The molecule has 1 fully saturated rings. The van der Waals surface area contributed by atoms with Crippen LogP contribution in [0.3, 0.4) is 0 Å². The van der Waals surface area contributed by atoms with E-state index in [0.29, 0.717) is 0 Å². The second-order valence-electron chi connectivity index (χ2n) is 1.30. The fourth-order valence-electron chi connectivity index (χ4n) is 0.164. The number of hydrogen-bond acceptors (Lipinski definition) is 1. The third-order valence-electron chi connectivity index (χ3n) is 0.660. The smallest absolute Gasteiger partial charge is 0.0964 e. The standard InChI is InChI=1S/C3H5O2/c4-5-3-1-2-3/h3H,1-2H2. The molecule has 0 amide bonds. The first-order valence-electron chi connectivity index (χ1n) is 1.72. The summed E-state index contributed by atoms with van der Waals surface area (Å²) in [6.07, 6.45) is 2.03. The first kappa shape index (κ1) is 3.12. The van der Waals surface area contributed by atoms with Gasteiger partial charge in [0, 0.05) is 0 Å². The van der Waals surface area contributed by atoms with Crippen molar-refractivity contribution in [3.05, 3.63) is 0 Å². The van der Waals surface area contributed by atoms with Gasteiger partial charge in [-0.3, -0.25) is 0 Å². The molecule has 0 saturated heterocycles. The predicted octanol–water partition coefficient (Wildman–Crippen LogP) is 0.511. The summed E-state index contributed by atoms with van der Waals surface area (Å²) in [5.41, 5.74) is 0. The van der Waals surface area contributed by atoms with Crippen LogP contribution in [0.4, 0.5) is 0 Å². The molecule has 0 heterocycles. The molecule has 0 aliphatic heterocycles. The van der Waals surface area contributed by atoms with E-state index in [2.05, 4.69) is 4.89 Å². The summed E-state index contributed by atoms with van der Waals surface area (Å²) >= 11 is 0. The molecule has 5 heavy (non-hydrogen) atoms. The molecule has 0 unspecified atom stereocenters. The molecule has 0 bridgehead atoms. The van der Waals surface area contributed by atoms with E-state index in [1.807, 2.05) is 0 Å². The minimum Gasteiger partial charge on any atom is -0.200 e. The molecule has 0 aromatic rings. The molecule has 1 radical (unpaired) electrons. The molecule has 1 aliphatic carbocycles. The van der Waals surface area contributed by atoms with Gasteiger partial charge in [0.2, 0.25) is 0 Å². The van der Waals surface area contributed by atoms with Gasteiger partial charge in [0.05, 0.1) is 6.10 Å². The summed E-state index contributed by atoms with van der Waals surface area (Å²) in [7, 11) is 0. The first-order chi connectivity index (χ1) is 2.43. The Balaban J connectivity index is 2.00. The maximum atomic E-state index is 9.19. The monoisotopic (exact) mass is 73.0 g/mol. The van der Waals surface area contributed by atoms with Crippen molar-refractivity contribution in [2.75, 3.05) is 0 Å². The van der Waals surface area contributed by atoms with Crippen LogP contribution in [0.5, 0.6) is 0 Å². The zero-order valence-corrected chi connectivity index (χ0v) is 2.81. The molecular weight excluding hydrogens is 68.0 g/mol. The van der Waals surface area contributed by atoms with E-state index in [1.165, 1.54) is 0 Å². The molecule has 2 nitrogen and oxygen atoms in total. The van der Waals surface area contributed by atoms with E-state index < -0.39 is 0 Å². The molecule has 1 saturated carbocycles. The van der Waals surface area contributed by atoms with Gasteiger partial charge in [-0.2, -0.15) is 0 Å². The molecule has 0 N–H and O–H groups in total. The fraction of sp³-hybridized carbons (Fsp3) is 1.00. The number of rotatable bonds is 1. The minimum absolute atomic E-state index is 0.0787. The van der Waals surface area contributed by atoms with E-state index >= 15 is 0 Å². The lowest BCUT2D eigenvalue weighted by Gasteiger charge is -1.72. The molecule has 2 heteroatoms. The molecule has 29 valence electrons. The van der Waals surface area contributed by atoms with Crippen LogP contribution >= 0.6 is 0 Å². The zero-order chi connectivity index (χ0) is 3.70. The fourth-order valence-corrected chi connectivity index (χ4v) is 0.164. The van der Waals surface area contributed by atoms with E-state index in [-0.39, 0.29) is 6.10 Å². The van der Waals surface area contributed by atoms with E-state index in [0.717, 1.165) is 12.8 Å². The molecule has 1 aliphatic rings. The van der Waals surface area contributed by atoms with Crippen molar-refractivity contribution in [2.45, 2.75) is 18.9 Å². The largest absolute Gasteiger partial charge is 0.200 e. The summed E-state index contributed by atoms with van der Waals surface area (Å²) in [6.45, 7) is 0. The SMILES string of the molecule is [O]OC1CC1. The molecule has 0 spiro atoms. The summed E-state index contributed by atoms with van der Waals surface area (Å²) in [4.78, 5) is 3.61. The van der Waals surface area contributed by atoms with Crippen LogP contribution in [0, 0.1) is 0 Å². The maximum Gasteiger partial charge on any atom is 0.0964 e. The van der Waals surface area contributed by atoms with Crippen molar-refractivity contribution in [1.82, 2.24) is 0 Å². The Labute approximate surface area is 30.3 Å². The van der Waals surface area contributed by atoms with Crippen LogP contribution in [0.1, 0.15) is 12.8 Å². The Morgan fingerprint density at radius 1 is 1.60 bits per heavy atom. The van der Waals surface area contributed by atoms with E-state index in [1.54, 1.807) is 0 Å². The zero-order valence-electron chi connectivity index (χ0n) is 2.81. The van der Waals surface area contributed by atoms with Crippen LogP contribution in [-0.2, 0) is 10.1 Å². The Morgan fingerprint density at radius 2 is 2.20 bits per heavy atom. The molecule has 0 aromatic carbocycles. The molecule has 1 rings (SSSR count). The van der Waals surface area contributed by atoms with Crippen molar-refractivity contribution in [3.8, 4) is 0 Å². The Bertz CT molecular complexity index is 31.9. The van der Waals surface area contributed by atoms with Crippen molar-refractivity contribution in [3.63, 3.8) is 0 Å². The van der Waals surface area contributed by atoms with Gasteiger partial charge in [-0.1, -0.05) is 0 Å². The third kappa shape index (κ3) is 0.597. The second kappa shape index (κ2) is 0.954. The first-order valence-corrected chi connectivity index (χ1v) is 1.72. The molecular formula is C3H5O2. The molecule has 0 atom stereocenters. The summed E-state index contributed by atoms with van der Waals surface area (Å²) < 4.78 is 0. The lowest BCUT2D eigenvalue weighted by Crippen LogP contribution is -1.78. The van der Waals surface area contributed by atoms with Crippen LogP contribution in [0.25, 0.3) is 0 Å². The maximum absolute atomic E-state index is 9.19. The highest BCUT2D eigenvalue weighted by Gasteiger charge is 2.22. The highest BCUT2D eigenvalue weighted by atomic mass is 17.1. The average molecular weight is 73.1 g/mol. The summed E-state index contributed by atoms with van der Waals surface area (Å²) in [6, 6.07) is 0. The highest BCUT2D eigenvalue weighted by molar-refractivity contribution is 4.70.